The van der Waals surface area contributed by atoms with E-state index in [0.717, 1.165) is 16.6 Å². The number of hydrogen-bond donors (Lipinski definition) is 0. The summed E-state index contributed by atoms with van der Waals surface area (Å²) in [5, 5.41) is 8.69. The standard InChI is InChI=1S/C13H15N3O3S/c1-18-11-5-3-4-10(8-11)16-9-14-15-13(16)20-7-6-12(17)19-2/h3-5,8-9H,6-7H2,1-2H3. The van der Waals surface area contributed by atoms with E-state index in [-0.39, 0.29) is 5.97 Å². The van der Waals surface area contributed by atoms with Crippen LogP contribution >= 0.6 is 11.8 Å². The largest absolute Gasteiger partial charge is 0.497 e. The van der Waals surface area contributed by atoms with Crippen LogP contribution < -0.4 is 4.74 Å². The van der Waals surface area contributed by atoms with E-state index < -0.39 is 0 Å². The average Bonchev–Trinajstić information content (AvgIpc) is 2.95. The van der Waals surface area contributed by atoms with Crippen LogP contribution in [0.15, 0.2) is 35.7 Å². The fraction of sp³-hybridized carbons (Fsp3) is 0.308. The van der Waals surface area contributed by atoms with E-state index in [4.69, 9.17) is 4.74 Å². The molecule has 106 valence electrons. The maximum Gasteiger partial charge on any atom is 0.306 e. The summed E-state index contributed by atoms with van der Waals surface area (Å²) in [6.07, 6.45) is 1.97. The molecule has 0 spiro atoms. The summed E-state index contributed by atoms with van der Waals surface area (Å²) in [4.78, 5) is 11.1. The van der Waals surface area contributed by atoms with E-state index >= 15 is 0 Å². The lowest BCUT2D eigenvalue weighted by molar-refractivity contribution is -0.140. The number of methoxy groups -OCH3 is 2. The highest BCUT2D eigenvalue weighted by Crippen LogP contribution is 2.22. The Hall–Kier alpha value is -2.02. The van der Waals surface area contributed by atoms with Gasteiger partial charge in [0.1, 0.15) is 12.1 Å². The van der Waals surface area contributed by atoms with Gasteiger partial charge in [-0.25, -0.2) is 0 Å². The van der Waals surface area contributed by atoms with E-state index in [9.17, 15) is 4.79 Å². The minimum absolute atomic E-state index is 0.232. The third-order valence-electron chi connectivity index (χ3n) is 2.61. The zero-order chi connectivity index (χ0) is 14.4. The van der Waals surface area contributed by atoms with E-state index in [0.29, 0.717) is 12.2 Å². The van der Waals surface area contributed by atoms with Gasteiger partial charge in [0.2, 0.25) is 0 Å². The first kappa shape index (κ1) is 14.4. The van der Waals surface area contributed by atoms with Gasteiger partial charge in [0.05, 0.1) is 26.3 Å². The van der Waals surface area contributed by atoms with Crippen LogP contribution in [0.5, 0.6) is 5.75 Å². The number of rotatable bonds is 6. The highest BCUT2D eigenvalue weighted by molar-refractivity contribution is 7.99. The van der Waals surface area contributed by atoms with Crippen molar-refractivity contribution in [3.8, 4) is 11.4 Å². The van der Waals surface area contributed by atoms with Crippen LogP contribution in [-0.2, 0) is 9.53 Å². The van der Waals surface area contributed by atoms with Crippen molar-refractivity contribution in [3.05, 3.63) is 30.6 Å². The number of ether oxygens (including phenoxy) is 2. The van der Waals surface area contributed by atoms with Crippen LogP contribution in [0.3, 0.4) is 0 Å². The Labute approximate surface area is 121 Å². The first-order valence-corrected chi connectivity index (χ1v) is 6.97. The van der Waals surface area contributed by atoms with Crippen molar-refractivity contribution in [1.29, 1.82) is 0 Å². The van der Waals surface area contributed by atoms with Crippen LogP contribution in [0.25, 0.3) is 5.69 Å². The first-order chi connectivity index (χ1) is 9.74. The summed E-state index contributed by atoms with van der Waals surface area (Å²) in [5.41, 5.74) is 0.912. The SMILES string of the molecule is COC(=O)CCSc1nncn1-c1cccc(OC)c1. The third-order valence-corrected chi connectivity index (χ3v) is 3.56. The van der Waals surface area contributed by atoms with Crippen molar-refractivity contribution >= 4 is 17.7 Å². The van der Waals surface area contributed by atoms with Crippen LogP contribution in [-0.4, -0.2) is 40.7 Å². The van der Waals surface area contributed by atoms with Crippen molar-refractivity contribution in [3.63, 3.8) is 0 Å². The van der Waals surface area contributed by atoms with Gasteiger partial charge < -0.3 is 9.47 Å². The number of carbonyl (C=O) groups is 1. The minimum Gasteiger partial charge on any atom is -0.497 e. The van der Waals surface area contributed by atoms with Crippen LogP contribution in [0, 0.1) is 0 Å². The van der Waals surface area contributed by atoms with E-state index in [2.05, 4.69) is 14.9 Å². The molecule has 0 aliphatic rings. The highest BCUT2D eigenvalue weighted by atomic mass is 32.2. The summed E-state index contributed by atoms with van der Waals surface area (Å²) in [5.74, 6) is 1.13. The fourth-order valence-corrected chi connectivity index (χ4v) is 2.44. The van der Waals surface area contributed by atoms with Crippen molar-refractivity contribution in [2.24, 2.45) is 0 Å². The lowest BCUT2D eigenvalue weighted by Gasteiger charge is -2.07. The molecule has 20 heavy (non-hydrogen) atoms. The Bertz CT molecular complexity index is 586. The van der Waals surface area contributed by atoms with E-state index in [1.807, 2.05) is 28.8 Å². The highest BCUT2D eigenvalue weighted by Gasteiger charge is 2.09. The van der Waals surface area contributed by atoms with Gasteiger partial charge >= 0.3 is 5.97 Å². The molecular weight excluding hydrogens is 278 g/mol. The second-order valence-corrected chi connectivity index (χ2v) is 4.92. The molecule has 1 heterocycles. The van der Waals surface area contributed by atoms with Gasteiger partial charge in [-0.1, -0.05) is 17.8 Å². The Morgan fingerprint density at radius 2 is 2.25 bits per heavy atom. The van der Waals surface area contributed by atoms with Crippen LogP contribution in [0.1, 0.15) is 6.42 Å². The summed E-state index contributed by atoms with van der Waals surface area (Å²) in [7, 11) is 3.00. The second kappa shape index (κ2) is 6.95. The van der Waals surface area contributed by atoms with Crippen LogP contribution in [0.4, 0.5) is 0 Å². The quantitative estimate of drug-likeness (QED) is 0.599. The molecule has 0 saturated carbocycles. The van der Waals surface area contributed by atoms with Gasteiger partial charge in [-0.2, -0.15) is 0 Å². The number of thioether (sulfide) groups is 1. The monoisotopic (exact) mass is 293 g/mol. The third kappa shape index (κ3) is 3.51. The predicted molar refractivity (Wildman–Crippen MR) is 75.3 cm³/mol. The molecule has 0 aliphatic carbocycles. The summed E-state index contributed by atoms with van der Waals surface area (Å²) < 4.78 is 11.7. The van der Waals surface area contributed by atoms with Crippen molar-refractivity contribution in [2.75, 3.05) is 20.0 Å². The van der Waals surface area contributed by atoms with Gasteiger partial charge in [0.25, 0.3) is 0 Å². The molecule has 0 unspecified atom stereocenters. The van der Waals surface area contributed by atoms with Crippen molar-refractivity contribution in [1.82, 2.24) is 14.8 Å². The molecule has 2 rings (SSSR count). The Balaban J connectivity index is 2.09. The number of esters is 1. The average molecular weight is 293 g/mol. The molecule has 0 amide bonds. The Morgan fingerprint density at radius 3 is 3.00 bits per heavy atom. The fourth-order valence-electron chi connectivity index (χ4n) is 1.59. The molecule has 0 bridgehead atoms. The van der Waals surface area contributed by atoms with Crippen molar-refractivity contribution in [2.45, 2.75) is 11.6 Å². The van der Waals surface area contributed by atoms with Gasteiger partial charge in [-0.3, -0.25) is 9.36 Å². The van der Waals surface area contributed by atoms with Gasteiger partial charge in [0.15, 0.2) is 5.16 Å². The minimum atomic E-state index is -0.232. The van der Waals surface area contributed by atoms with Crippen molar-refractivity contribution < 1.29 is 14.3 Å². The first-order valence-electron chi connectivity index (χ1n) is 5.98. The summed E-state index contributed by atoms with van der Waals surface area (Å²) >= 11 is 1.45. The maximum absolute atomic E-state index is 11.1. The predicted octanol–water partition coefficient (Wildman–Crippen LogP) is 1.93. The zero-order valence-corrected chi connectivity index (χ0v) is 12.1. The molecule has 1 aromatic carbocycles. The zero-order valence-electron chi connectivity index (χ0n) is 11.3. The topological polar surface area (TPSA) is 66.2 Å². The molecule has 7 heteroatoms. The number of benzene rings is 1. The molecule has 0 saturated heterocycles. The van der Waals surface area contributed by atoms with E-state index in [1.165, 1.54) is 18.9 Å². The molecule has 0 aliphatic heterocycles. The number of nitrogens with zero attached hydrogens (tertiary/aromatic N) is 3. The van der Waals surface area contributed by atoms with Gasteiger partial charge in [0, 0.05) is 11.8 Å². The van der Waals surface area contributed by atoms with E-state index in [1.54, 1.807) is 13.4 Å². The molecule has 6 nitrogen and oxygen atoms in total. The maximum atomic E-state index is 11.1. The summed E-state index contributed by atoms with van der Waals surface area (Å²) in [6, 6.07) is 7.61. The Kier molecular flexibility index (Phi) is 5.00. The van der Waals surface area contributed by atoms with Gasteiger partial charge in [-0.05, 0) is 12.1 Å². The molecule has 0 atom stereocenters. The lowest BCUT2D eigenvalue weighted by atomic mass is 10.3. The normalized spacial score (nSPS) is 10.3. The molecule has 0 N–H and O–H groups in total. The number of aromatic nitrogens is 3. The molecule has 0 fully saturated rings. The molecule has 0 radical (unpaired) electrons. The molecular formula is C13H15N3O3S. The number of carbonyl (C=O) groups excluding carboxylic acids is 1. The Morgan fingerprint density at radius 1 is 1.40 bits per heavy atom. The smallest absolute Gasteiger partial charge is 0.306 e. The van der Waals surface area contributed by atoms with Crippen LogP contribution in [0.2, 0.25) is 0 Å². The van der Waals surface area contributed by atoms with Gasteiger partial charge in [-0.15, -0.1) is 10.2 Å². The second-order valence-electron chi connectivity index (χ2n) is 3.86. The lowest BCUT2D eigenvalue weighted by Crippen LogP contribution is -2.02. The molecule has 1 aromatic heterocycles. The summed E-state index contributed by atoms with van der Waals surface area (Å²) in [6.45, 7) is 0. The molecule has 2 aromatic rings. The number of hydrogen-bond acceptors (Lipinski definition) is 6.